The number of benzene rings is 1. The SMILES string of the molecule is O=C1[C@@H]2[C@@H](C(=O)N1CCOCc1ccccc1)[C@H]1C=C[C@H]2C1. The van der Waals surface area contributed by atoms with Crippen LogP contribution in [0.5, 0.6) is 0 Å². The summed E-state index contributed by atoms with van der Waals surface area (Å²) in [6.45, 7) is 1.28. The molecule has 3 aliphatic rings. The molecule has 1 aromatic carbocycles. The van der Waals surface area contributed by atoms with Gasteiger partial charge in [-0.1, -0.05) is 42.5 Å². The topological polar surface area (TPSA) is 46.6 Å². The fraction of sp³-hybridized carbons (Fsp3) is 0.444. The Balaban J connectivity index is 1.33. The Morgan fingerprint density at radius 2 is 1.64 bits per heavy atom. The van der Waals surface area contributed by atoms with Gasteiger partial charge in [-0.3, -0.25) is 14.5 Å². The van der Waals surface area contributed by atoms with E-state index in [1.165, 1.54) is 4.90 Å². The lowest BCUT2D eigenvalue weighted by molar-refractivity contribution is -0.141. The molecule has 4 heteroatoms. The van der Waals surface area contributed by atoms with E-state index in [9.17, 15) is 9.59 Å². The minimum absolute atomic E-state index is 0.00941. The van der Waals surface area contributed by atoms with Gasteiger partial charge in [0.1, 0.15) is 0 Å². The molecule has 4 atom stereocenters. The zero-order chi connectivity index (χ0) is 15.1. The lowest BCUT2D eigenvalue weighted by atomic mass is 9.85. The smallest absolute Gasteiger partial charge is 0.233 e. The van der Waals surface area contributed by atoms with Crippen molar-refractivity contribution in [1.29, 1.82) is 0 Å². The Morgan fingerprint density at radius 1 is 1.00 bits per heavy atom. The van der Waals surface area contributed by atoms with Crippen molar-refractivity contribution in [3.8, 4) is 0 Å². The number of hydrogen-bond donors (Lipinski definition) is 0. The van der Waals surface area contributed by atoms with Crippen LogP contribution in [0.15, 0.2) is 42.5 Å². The van der Waals surface area contributed by atoms with Gasteiger partial charge in [0.2, 0.25) is 11.8 Å². The first-order chi connectivity index (χ1) is 10.8. The number of likely N-dealkylation sites (tertiary alicyclic amines) is 1. The quantitative estimate of drug-likeness (QED) is 0.474. The van der Waals surface area contributed by atoms with Crippen molar-refractivity contribution in [1.82, 2.24) is 4.90 Å². The zero-order valence-corrected chi connectivity index (χ0v) is 12.4. The number of allylic oxidation sites excluding steroid dienone is 2. The lowest BCUT2D eigenvalue weighted by Crippen LogP contribution is -2.35. The van der Waals surface area contributed by atoms with E-state index >= 15 is 0 Å². The maximum atomic E-state index is 12.5. The fourth-order valence-corrected chi connectivity index (χ4v) is 4.10. The van der Waals surface area contributed by atoms with Crippen LogP contribution < -0.4 is 0 Å². The zero-order valence-electron chi connectivity index (χ0n) is 12.4. The Kier molecular flexibility index (Phi) is 3.34. The summed E-state index contributed by atoms with van der Waals surface area (Å²) in [5, 5.41) is 0. The van der Waals surface area contributed by atoms with Crippen molar-refractivity contribution in [3.05, 3.63) is 48.0 Å². The summed E-state index contributed by atoms with van der Waals surface area (Å²) in [4.78, 5) is 26.4. The summed E-state index contributed by atoms with van der Waals surface area (Å²) in [6, 6.07) is 9.90. The van der Waals surface area contributed by atoms with Crippen molar-refractivity contribution in [2.24, 2.45) is 23.7 Å². The minimum Gasteiger partial charge on any atom is -0.375 e. The lowest BCUT2D eigenvalue weighted by Gasteiger charge is -2.17. The van der Waals surface area contributed by atoms with Crippen LogP contribution in [-0.2, 0) is 20.9 Å². The van der Waals surface area contributed by atoms with E-state index in [1.54, 1.807) is 0 Å². The highest BCUT2D eigenvalue weighted by Crippen LogP contribution is 2.52. The number of amides is 2. The summed E-state index contributed by atoms with van der Waals surface area (Å²) < 4.78 is 5.61. The van der Waals surface area contributed by atoms with Crippen molar-refractivity contribution < 1.29 is 14.3 Å². The molecule has 1 aromatic rings. The number of carbonyl (C=O) groups is 2. The van der Waals surface area contributed by atoms with E-state index in [-0.39, 0.29) is 35.5 Å². The molecule has 22 heavy (non-hydrogen) atoms. The van der Waals surface area contributed by atoms with Crippen molar-refractivity contribution >= 4 is 11.8 Å². The molecule has 2 fully saturated rings. The number of rotatable bonds is 5. The van der Waals surface area contributed by atoms with Gasteiger partial charge in [-0.05, 0) is 23.8 Å². The molecule has 1 saturated carbocycles. The van der Waals surface area contributed by atoms with Gasteiger partial charge in [0.05, 0.1) is 31.6 Å². The molecule has 0 N–H and O–H groups in total. The van der Waals surface area contributed by atoms with E-state index in [2.05, 4.69) is 12.2 Å². The molecule has 2 bridgehead atoms. The number of carbonyl (C=O) groups excluding carboxylic acids is 2. The van der Waals surface area contributed by atoms with Gasteiger partial charge in [0, 0.05) is 0 Å². The second-order valence-corrected chi connectivity index (χ2v) is 6.37. The van der Waals surface area contributed by atoms with Crippen LogP contribution in [0.4, 0.5) is 0 Å². The number of ether oxygens (including phenoxy) is 1. The highest BCUT2D eigenvalue weighted by molar-refractivity contribution is 6.06. The first-order valence-electron chi connectivity index (χ1n) is 7.91. The van der Waals surface area contributed by atoms with E-state index in [1.807, 2.05) is 30.3 Å². The third kappa shape index (κ3) is 2.10. The van der Waals surface area contributed by atoms with Gasteiger partial charge in [-0.25, -0.2) is 0 Å². The molecule has 0 radical (unpaired) electrons. The van der Waals surface area contributed by atoms with Crippen LogP contribution in [0.2, 0.25) is 0 Å². The standard InChI is InChI=1S/C18H19NO3/c20-17-15-13-6-7-14(10-13)16(15)18(21)19(17)8-9-22-11-12-4-2-1-3-5-12/h1-7,13-16H,8-11H2/t13-,14-,15-,16-/m0/s1. The molecule has 4 nitrogen and oxygen atoms in total. The Hall–Kier alpha value is -1.94. The summed E-state index contributed by atoms with van der Waals surface area (Å²) in [5.74, 6) is 0.377. The van der Waals surface area contributed by atoms with Gasteiger partial charge in [0.15, 0.2) is 0 Å². The molecule has 2 amide bonds. The third-order valence-corrected chi connectivity index (χ3v) is 5.13. The van der Waals surface area contributed by atoms with Gasteiger partial charge in [-0.2, -0.15) is 0 Å². The van der Waals surface area contributed by atoms with Gasteiger partial charge in [0.25, 0.3) is 0 Å². The maximum Gasteiger partial charge on any atom is 0.233 e. The maximum absolute atomic E-state index is 12.5. The Morgan fingerprint density at radius 3 is 2.27 bits per heavy atom. The molecule has 2 aliphatic carbocycles. The first kappa shape index (κ1) is 13.7. The molecule has 0 unspecified atom stereocenters. The van der Waals surface area contributed by atoms with E-state index in [4.69, 9.17) is 4.74 Å². The molecular weight excluding hydrogens is 278 g/mol. The predicted molar refractivity (Wildman–Crippen MR) is 80.5 cm³/mol. The largest absolute Gasteiger partial charge is 0.375 e. The van der Waals surface area contributed by atoms with Crippen LogP contribution in [0.25, 0.3) is 0 Å². The fourth-order valence-electron chi connectivity index (χ4n) is 4.10. The van der Waals surface area contributed by atoms with E-state index < -0.39 is 0 Å². The average Bonchev–Trinajstić information content (AvgIpc) is 3.21. The first-order valence-corrected chi connectivity index (χ1v) is 7.91. The van der Waals surface area contributed by atoms with Crippen LogP contribution in [0.1, 0.15) is 12.0 Å². The van der Waals surface area contributed by atoms with Crippen LogP contribution in [-0.4, -0.2) is 29.9 Å². The summed E-state index contributed by atoms with van der Waals surface area (Å²) in [6.07, 6.45) is 5.21. The number of imide groups is 1. The second kappa shape index (κ2) is 5.36. The van der Waals surface area contributed by atoms with Crippen LogP contribution in [0.3, 0.4) is 0 Å². The van der Waals surface area contributed by atoms with E-state index in [0.29, 0.717) is 19.8 Å². The highest BCUT2D eigenvalue weighted by Gasteiger charge is 2.58. The molecule has 0 aromatic heterocycles. The number of fused-ring (bicyclic) bond motifs is 5. The van der Waals surface area contributed by atoms with Crippen molar-refractivity contribution in [3.63, 3.8) is 0 Å². The molecular formula is C18H19NO3. The monoisotopic (exact) mass is 297 g/mol. The normalized spacial score (nSPS) is 32.1. The molecule has 1 heterocycles. The molecule has 1 aliphatic heterocycles. The third-order valence-electron chi connectivity index (χ3n) is 5.13. The van der Waals surface area contributed by atoms with E-state index in [0.717, 1.165) is 12.0 Å². The van der Waals surface area contributed by atoms with Gasteiger partial charge in [-0.15, -0.1) is 0 Å². The molecule has 0 spiro atoms. The molecule has 114 valence electrons. The number of hydrogen-bond acceptors (Lipinski definition) is 3. The summed E-state index contributed by atoms with van der Waals surface area (Å²) in [7, 11) is 0. The minimum atomic E-state index is -0.100. The average molecular weight is 297 g/mol. The van der Waals surface area contributed by atoms with Gasteiger partial charge >= 0.3 is 0 Å². The van der Waals surface area contributed by atoms with Crippen molar-refractivity contribution in [2.45, 2.75) is 13.0 Å². The molecule has 1 saturated heterocycles. The Bertz CT molecular complexity index is 594. The predicted octanol–water partition coefficient (Wildman–Crippen LogP) is 2.01. The number of nitrogens with zero attached hydrogens (tertiary/aromatic N) is 1. The highest BCUT2D eigenvalue weighted by atomic mass is 16.5. The van der Waals surface area contributed by atoms with Crippen LogP contribution in [0, 0.1) is 23.7 Å². The second-order valence-electron chi connectivity index (χ2n) is 6.37. The summed E-state index contributed by atoms with van der Waals surface area (Å²) in [5.41, 5.74) is 1.10. The summed E-state index contributed by atoms with van der Waals surface area (Å²) >= 11 is 0. The Labute approximate surface area is 129 Å². The van der Waals surface area contributed by atoms with Crippen LogP contribution >= 0.6 is 0 Å². The van der Waals surface area contributed by atoms with Gasteiger partial charge < -0.3 is 4.74 Å². The molecule has 4 rings (SSSR count). The van der Waals surface area contributed by atoms with Crippen molar-refractivity contribution in [2.75, 3.05) is 13.2 Å².